The smallest absolute Gasteiger partial charge is 0.255 e. The Labute approximate surface area is 202 Å². The largest absolute Gasteiger partial charge is 0.496 e. The second kappa shape index (κ2) is 9.71. The Morgan fingerprint density at radius 2 is 1.94 bits per heavy atom. The summed E-state index contributed by atoms with van der Waals surface area (Å²) < 4.78 is 18.8. The van der Waals surface area contributed by atoms with Crippen molar-refractivity contribution in [2.75, 3.05) is 25.9 Å². The first-order chi connectivity index (χ1) is 17.0. The molecule has 5 N–H and O–H groups in total. The fourth-order valence-electron chi connectivity index (χ4n) is 4.54. The maximum atomic E-state index is 13.6. The van der Waals surface area contributed by atoms with Crippen molar-refractivity contribution >= 4 is 22.6 Å². The molecule has 3 heterocycles. The second-order valence-corrected chi connectivity index (χ2v) is 8.68. The number of anilines is 1. The number of pyridine rings is 1. The standard InChI is InChI=1S/C26H27FN6O2/c1-35-22-7-6-18(27)12-19(22)26(34)30-14-15-2-4-17(5-3-15)24-23-21(32-33-25(23)28)13-20(31-24)16-8-10-29-11-9-16/h2-7,12-13,16,29H,8-11,14H2,1H3,(H,30,34)(H3,28,32,33). The van der Waals surface area contributed by atoms with E-state index in [2.05, 4.69) is 26.9 Å². The lowest BCUT2D eigenvalue weighted by atomic mass is 9.93. The van der Waals surface area contributed by atoms with Crippen molar-refractivity contribution in [3.63, 3.8) is 0 Å². The highest BCUT2D eigenvalue weighted by Gasteiger charge is 2.21. The van der Waals surface area contributed by atoms with Crippen molar-refractivity contribution in [2.45, 2.75) is 25.3 Å². The highest BCUT2D eigenvalue weighted by atomic mass is 19.1. The predicted octanol–water partition coefficient (Wildman–Crippen LogP) is 3.75. The Morgan fingerprint density at radius 1 is 1.17 bits per heavy atom. The van der Waals surface area contributed by atoms with Gasteiger partial charge >= 0.3 is 0 Å². The maximum absolute atomic E-state index is 13.6. The molecule has 9 heteroatoms. The van der Waals surface area contributed by atoms with Gasteiger partial charge in [-0.1, -0.05) is 24.3 Å². The third-order valence-electron chi connectivity index (χ3n) is 6.44. The summed E-state index contributed by atoms with van der Waals surface area (Å²) in [6.45, 7) is 2.24. The topological polar surface area (TPSA) is 118 Å². The van der Waals surface area contributed by atoms with E-state index in [1.165, 1.54) is 25.3 Å². The first kappa shape index (κ1) is 22.8. The van der Waals surface area contributed by atoms with E-state index >= 15 is 0 Å². The van der Waals surface area contributed by atoms with Crippen LogP contribution < -0.4 is 21.1 Å². The van der Waals surface area contributed by atoms with Crippen LogP contribution in [0.15, 0.2) is 48.5 Å². The molecule has 0 saturated carbocycles. The van der Waals surface area contributed by atoms with Gasteiger partial charge in [-0.3, -0.25) is 14.9 Å². The number of carbonyl (C=O) groups excluding carboxylic acids is 1. The van der Waals surface area contributed by atoms with Gasteiger partial charge in [0.05, 0.1) is 29.3 Å². The van der Waals surface area contributed by atoms with Crippen LogP contribution in [0.5, 0.6) is 5.75 Å². The highest BCUT2D eigenvalue weighted by molar-refractivity contribution is 6.00. The van der Waals surface area contributed by atoms with Crippen LogP contribution in [0.25, 0.3) is 22.2 Å². The van der Waals surface area contributed by atoms with Gasteiger partial charge in [0.1, 0.15) is 11.6 Å². The average Bonchev–Trinajstić information content (AvgIpc) is 3.28. The number of ether oxygens (including phenoxy) is 1. The Morgan fingerprint density at radius 3 is 2.69 bits per heavy atom. The van der Waals surface area contributed by atoms with Gasteiger partial charge in [0, 0.05) is 23.7 Å². The molecule has 8 nitrogen and oxygen atoms in total. The third kappa shape index (κ3) is 4.67. The van der Waals surface area contributed by atoms with Crippen LogP contribution in [-0.2, 0) is 6.54 Å². The quantitative estimate of drug-likeness (QED) is 0.338. The van der Waals surface area contributed by atoms with E-state index in [0.717, 1.165) is 59.3 Å². The molecule has 1 aliphatic heterocycles. The molecular formula is C26H27FN6O2. The summed E-state index contributed by atoms with van der Waals surface area (Å²) in [7, 11) is 1.45. The monoisotopic (exact) mass is 474 g/mol. The van der Waals surface area contributed by atoms with E-state index in [9.17, 15) is 9.18 Å². The molecule has 5 rings (SSSR count). The summed E-state index contributed by atoms with van der Waals surface area (Å²) >= 11 is 0. The van der Waals surface area contributed by atoms with Crippen LogP contribution in [-0.4, -0.2) is 41.3 Å². The number of hydrogen-bond acceptors (Lipinski definition) is 6. The third-order valence-corrected chi connectivity index (χ3v) is 6.44. The number of nitrogen functional groups attached to an aromatic ring is 1. The number of halogens is 1. The zero-order chi connectivity index (χ0) is 24.4. The fourth-order valence-corrected chi connectivity index (χ4v) is 4.54. The highest BCUT2D eigenvalue weighted by Crippen LogP contribution is 2.34. The zero-order valence-electron chi connectivity index (χ0n) is 19.4. The molecular weight excluding hydrogens is 447 g/mol. The number of amides is 1. The maximum Gasteiger partial charge on any atom is 0.255 e. The number of nitrogens with one attached hydrogen (secondary N) is 3. The van der Waals surface area contributed by atoms with Crippen molar-refractivity contribution in [3.8, 4) is 17.0 Å². The summed E-state index contributed by atoms with van der Waals surface area (Å²) in [5, 5.41) is 14.3. The molecule has 180 valence electrons. The van der Waals surface area contributed by atoms with Crippen molar-refractivity contribution in [1.82, 2.24) is 25.8 Å². The van der Waals surface area contributed by atoms with E-state index < -0.39 is 11.7 Å². The first-order valence-corrected chi connectivity index (χ1v) is 11.6. The predicted molar refractivity (Wildman–Crippen MR) is 133 cm³/mol. The Balaban J connectivity index is 1.38. The summed E-state index contributed by atoms with van der Waals surface area (Å²) in [5.41, 5.74) is 10.8. The van der Waals surface area contributed by atoms with Gasteiger partial charge in [-0.2, -0.15) is 5.10 Å². The molecule has 0 aliphatic carbocycles. The number of nitrogens with zero attached hydrogens (tertiary/aromatic N) is 2. The minimum atomic E-state index is -0.496. The van der Waals surface area contributed by atoms with Crippen molar-refractivity contribution in [2.24, 2.45) is 0 Å². The van der Waals surface area contributed by atoms with E-state index in [1.807, 2.05) is 24.3 Å². The van der Waals surface area contributed by atoms with Gasteiger partial charge in [0.15, 0.2) is 5.82 Å². The molecule has 0 unspecified atom stereocenters. The Bertz CT molecular complexity index is 1360. The molecule has 1 amide bonds. The molecule has 0 bridgehead atoms. The number of carbonyl (C=O) groups is 1. The molecule has 0 spiro atoms. The van der Waals surface area contributed by atoms with Gasteiger partial charge < -0.3 is 21.1 Å². The normalized spacial score (nSPS) is 14.2. The molecule has 1 saturated heterocycles. The van der Waals surface area contributed by atoms with Gasteiger partial charge in [-0.25, -0.2) is 4.39 Å². The number of methoxy groups -OCH3 is 1. The summed E-state index contributed by atoms with van der Waals surface area (Å²) in [4.78, 5) is 17.6. The van der Waals surface area contributed by atoms with Crippen LogP contribution in [0.4, 0.5) is 10.2 Å². The van der Waals surface area contributed by atoms with Crippen molar-refractivity contribution < 1.29 is 13.9 Å². The van der Waals surface area contributed by atoms with Crippen LogP contribution in [0.3, 0.4) is 0 Å². The molecule has 1 fully saturated rings. The van der Waals surface area contributed by atoms with Gasteiger partial charge in [-0.15, -0.1) is 0 Å². The number of fused-ring (bicyclic) bond motifs is 1. The first-order valence-electron chi connectivity index (χ1n) is 11.6. The number of aromatic nitrogens is 3. The van der Waals surface area contributed by atoms with Crippen molar-refractivity contribution in [1.29, 1.82) is 0 Å². The summed E-state index contributed by atoms with van der Waals surface area (Å²) in [6, 6.07) is 13.7. The molecule has 35 heavy (non-hydrogen) atoms. The van der Waals surface area contributed by atoms with E-state index in [-0.39, 0.29) is 12.1 Å². The fraction of sp³-hybridized carbons (Fsp3) is 0.269. The number of aromatic amines is 1. The number of nitrogens with two attached hydrogens (primary N) is 1. The zero-order valence-corrected chi connectivity index (χ0v) is 19.4. The molecule has 4 aromatic rings. The number of H-pyrrole nitrogens is 1. The lowest BCUT2D eigenvalue weighted by Crippen LogP contribution is -2.27. The van der Waals surface area contributed by atoms with Gasteiger partial charge in [0.2, 0.25) is 0 Å². The van der Waals surface area contributed by atoms with Gasteiger partial charge in [0.25, 0.3) is 5.91 Å². The second-order valence-electron chi connectivity index (χ2n) is 8.68. The van der Waals surface area contributed by atoms with Crippen LogP contribution in [0.1, 0.15) is 40.4 Å². The molecule has 0 atom stereocenters. The number of hydrogen-bond donors (Lipinski definition) is 4. The number of rotatable bonds is 6. The van der Waals surface area contributed by atoms with Crippen LogP contribution in [0, 0.1) is 5.82 Å². The van der Waals surface area contributed by atoms with Crippen LogP contribution >= 0.6 is 0 Å². The lowest BCUT2D eigenvalue weighted by molar-refractivity contribution is 0.0947. The van der Waals surface area contributed by atoms with E-state index in [1.54, 1.807) is 0 Å². The Hall–Kier alpha value is -3.98. The number of piperidine rings is 1. The molecule has 0 radical (unpaired) electrons. The van der Waals surface area contributed by atoms with Crippen molar-refractivity contribution in [3.05, 3.63) is 71.2 Å². The minimum Gasteiger partial charge on any atom is -0.496 e. The summed E-state index contributed by atoms with van der Waals surface area (Å²) in [5.74, 6) is 0.220. The SMILES string of the molecule is COc1ccc(F)cc1C(=O)NCc1ccc(-c2nc(C3CCNCC3)cc3[nH]nc(N)c23)cc1. The molecule has 2 aromatic carbocycles. The molecule has 1 aliphatic rings. The average molecular weight is 475 g/mol. The van der Waals surface area contributed by atoms with E-state index in [4.69, 9.17) is 15.5 Å². The minimum absolute atomic E-state index is 0.154. The molecule has 2 aromatic heterocycles. The Kier molecular flexibility index (Phi) is 6.33. The number of benzene rings is 2. The van der Waals surface area contributed by atoms with E-state index in [0.29, 0.717) is 17.5 Å². The van der Waals surface area contributed by atoms with Crippen LogP contribution in [0.2, 0.25) is 0 Å². The summed E-state index contributed by atoms with van der Waals surface area (Å²) in [6.07, 6.45) is 2.08. The lowest BCUT2D eigenvalue weighted by Gasteiger charge is -2.22. The van der Waals surface area contributed by atoms with Gasteiger partial charge in [-0.05, 0) is 55.8 Å².